The van der Waals surface area contributed by atoms with E-state index in [2.05, 4.69) is 10.6 Å². The molecule has 2 N–H and O–H groups in total. The maximum Gasteiger partial charge on any atom is 0.416 e. The van der Waals surface area contributed by atoms with E-state index in [9.17, 15) is 22.8 Å². The predicted molar refractivity (Wildman–Crippen MR) is 94.4 cm³/mol. The van der Waals surface area contributed by atoms with Gasteiger partial charge in [-0.1, -0.05) is 11.6 Å². The van der Waals surface area contributed by atoms with Crippen LogP contribution in [0.4, 0.5) is 24.5 Å². The summed E-state index contributed by atoms with van der Waals surface area (Å²) in [7, 11) is 0. The van der Waals surface area contributed by atoms with Crippen molar-refractivity contribution in [3.63, 3.8) is 0 Å². The molecule has 2 aromatic carbocycles. The molecule has 0 bridgehead atoms. The number of carbonyl (C=O) groups excluding carboxylic acids is 2. The Morgan fingerprint density at radius 1 is 1.19 bits per heavy atom. The lowest BCUT2D eigenvalue weighted by atomic mass is 10.1. The molecular formula is C17H12ClF3N2O2S. The van der Waals surface area contributed by atoms with Gasteiger partial charge in [-0.15, -0.1) is 11.8 Å². The second kappa shape index (κ2) is 7.20. The van der Waals surface area contributed by atoms with Crippen LogP contribution in [0, 0.1) is 0 Å². The monoisotopic (exact) mass is 400 g/mol. The maximum atomic E-state index is 12.8. The minimum atomic E-state index is -4.49. The van der Waals surface area contributed by atoms with Crippen LogP contribution in [0.1, 0.15) is 12.0 Å². The smallest absolute Gasteiger partial charge is 0.326 e. The van der Waals surface area contributed by atoms with Gasteiger partial charge in [-0.05, 0) is 42.5 Å². The van der Waals surface area contributed by atoms with Crippen molar-refractivity contribution in [1.29, 1.82) is 0 Å². The number of hydrogen-bond acceptors (Lipinski definition) is 3. The van der Waals surface area contributed by atoms with Crippen LogP contribution < -0.4 is 10.6 Å². The van der Waals surface area contributed by atoms with E-state index >= 15 is 0 Å². The molecule has 3 rings (SSSR count). The van der Waals surface area contributed by atoms with Crippen LogP contribution in [0.15, 0.2) is 47.4 Å². The Hall–Kier alpha value is -2.19. The molecule has 4 nitrogen and oxygen atoms in total. The van der Waals surface area contributed by atoms with Gasteiger partial charge >= 0.3 is 6.18 Å². The molecule has 0 fully saturated rings. The van der Waals surface area contributed by atoms with Gasteiger partial charge in [0.1, 0.15) is 0 Å². The normalized spacial score (nSPS) is 16.6. The molecular weight excluding hydrogens is 389 g/mol. The Bertz CT molecular complexity index is 856. The summed E-state index contributed by atoms with van der Waals surface area (Å²) in [4.78, 5) is 24.8. The van der Waals surface area contributed by atoms with Crippen LogP contribution in [0.2, 0.25) is 5.02 Å². The Balaban J connectivity index is 1.68. The Labute approximate surface area is 156 Å². The predicted octanol–water partition coefficient (Wildman–Crippen LogP) is 4.80. The van der Waals surface area contributed by atoms with E-state index in [1.807, 2.05) is 0 Å². The number of alkyl halides is 3. The van der Waals surface area contributed by atoms with Gasteiger partial charge in [0.2, 0.25) is 11.8 Å². The van der Waals surface area contributed by atoms with Gasteiger partial charge in [-0.2, -0.15) is 13.2 Å². The number of nitrogens with one attached hydrogen (secondary N) is 2. The van der Waals surface area contributed by atoms with Gasteiger partial charge in [0.25, 0.3) is 0 Å². The molecule has 26 heavy (non-hydrogen) atoms. The van der Waals surface area contributed by atoms with Crippen molar-refractivity contribution in [3.05, 3.63) is 53.1 Å². The van der Waals surface area contributed by atoms with Crippen LogP contribution >= 0.6 is 23.4 Å². The number of benzene rings is 2. The van der Waals surface area contributed by atoms with Crippen molar-refractivity contribution in [2.24, 2.45) is 0 Å². The fraction of sp³-hybridized carbons (Fsp3) is 0.176. The molecule has 1 aliphatic heterocycles. The lowest BCUT2D eigenvalue weighted by Crippen LogP contribution is -2.32. The summed E-state index contributed by atoms with van der Waals surface area (Å²) in [5, 5.41) is 4.89. The lowest BCUT2D eigenvalue weighted by molar-refractivity contribution is -0.137. The average molecular weight is 401 g/mol. The molecule has 0 spiro atoms. The highest BCUT2D eigenvalue weighted by Gasteiger charge is 2.34. The van der Waals surface area contributed by atoms with Crippen LogP contribution in [0.5, 0.6) is 0 Å². The second-order valence-corrected chi connectivity index (χ2v) is 7.24. The van der Waals surface area contributed by atoms with E-state index < -0.39 is 22.9 Å². The average Bonchev–Trinajstić information content (AvgIpc) is 2.56. The molecule has 2 amide bonds. The SMILES string of the molecule is O=C(C[C@@H]1Sc2ccc(C(F)(F)F)cc2NC1=O)Nc1ccc(Cl)cc1. The van der Waals surface area contributed by atoms with Gasteiger partial charge in [-0.3, -0.25) is 9.59 Å². The van der Waals surface area contributed by atoms with Gasteiger partial charge < -0.3 is 10.6 Å². The summed E-state index contributed by atoms with van der Waals surface area (Å²) in [6, 6.07) is 9.64. The van der Waals surface area contributed by atoms with Crippen molar-refractivity contribution in [1.82, 2.24) is 0 Å². The topological polar surface area (TPSA) is 58.2 Å². The molecule has 0 saturated carbocycles. The third-order valence-corrected chi connectivity index (χ3v) is 5.15. The summed E-state index contributed by atoms with van der Waals surface area (Å²) in [6.45, 7) is 0. The Morgan fingerprint density at radius 2 is 1.88 bits per heavy atom. The molecule has 0 aromatic heterocycles. The van der Waals surface area contributed by atoms with Gasteiger partial charge in [0.15, 0.2) is 0 Å². The van der Waals surface area contributed by atoms with Gasteiger partial charge in [0.05, 0.1) is 16.5 Å². The molecule has 0 radical (unpaired) electrons. The van der Waals surface area contributed by atoms with E-state index in [4.69, 9.17) is 11.6 Å². The quantitative estimate of drug-likeness (QED) is 0.778. The van der Waals surface area contributed by atoms with Gasteiger partial charge in [-0.25, -0.2) is 0 Å². The van der Waals surface area contributed by atoms with Crippen molar-refractivity contribution < 1.29 is 22.8 Å². The minimum absolute atomic E-state index is 0.101. The van der Waals surface area contributed by atoms with Crippen molar-refractivity contribution in [3.8, 4) is 0 Å². The third kappa shape index (κ3) is 4.31. The van der Waals surface area contributed by atoms with Crippen molar-refractivity contribution in [2.45, 2.75) is 22.7 Å². The number of anilines is 2. The Morgan fingerprint density at radius 3 is 2.54 bits per heavy atom. The first-order valence-electron chi connectivity index (χ1n) is 7.46. The van der Waals surface area contributed by atoms with E-state index in [1.54, 1.807) is 24.3 Å². The number of carbonyl (C=O) groups is 2. The van der Waals surface area contributed by atoms with E-state index in [1.165, 1.54) is 6.07 Å². The molecule has 0 aliphatic carbocycles. The van der Waals surface area contributed by atoms with E-state index in [0.717, 1.165) is 23.9 Å². The molecule has 1 aliphatic rings. The number of thioether (sulfide) groups is 1. The summed E-state index contributed by atoms with van der Waals surface area (Å²) in [5.74, 6) is -0.886. The zero-order valence-corrected chi connectivity index (χ0v) is 14.6. The number of fused-ring (bicyclic) bond motifs is 1. The largest absolute Gasteiger partial charge is 0.416 e. The summed E-state index contributed by atoms with van der Waals surface area (Å²) in [5.41, 5.74) is -0.198. The number of amides is 2. The fourth-order valence-electron chi connectivity index (χ4n) is 2.37. The zero-order valence-electron chi connectivity index (χ0n) is 13.1. The van der Waals surface area contributed by atoms with E-state index in [0.29, 0.717) is 15.6 Å². The fourth-order valence-corrected chi connectivity index (χ4v) is 3.59. The first-order valence-corrected chi connectivity index (χ1v) is 8.72. The first-order chi connectivity index (χ1) is 12.2. The van der Waals surface area contributed by atoms with Crippen LogP contribution in [0.25, 0.3) is 0 Å². The highest BCUT2D eigenvalue weighted by Crippen LogP contribution is 2.40. The van der Waals surface area contributed by atoms with Gasteiger partial charge in [0, 0.05) is 22.0 Å². The van der Waals surface area contributed by atoms with Crippen molar-refractivity contribution >= 4 is 46.6 Å². The number of halogens is 4. The minimum Gasteiger partial charge on any atom is -0.326 e. The van der Waals surface area contributed by atoms with Crippen molar-refractivity contribution in [2.75, 3.05) is 10.6 Å². The Kier molecular flexibility index (Phi) is 5.15. The summed E-state index contributed by atoms with van der Waals surface area (Å²) in [6.07, 6.45) is -4.60. The molecule has 0 saturated heterocycles. The summed E-state index contributed by atoms with van der Waals surface area (Å²) < 4.78 is 38.3. The molecule has 2 aromatic rings. The highest BCUT2D eigenvalue weighted by molar-refractivity contribution is 8.01. The van der Waals surface area contributed by atoms with Crippen LogP contribution in [-0.2, 0) is 15.8 Å². The third-order valence-electron chi connectivity index (χ3n) is 3.63. The first kappa shape index (κ1) is 18.6. The summed E-state index contributed by atoms with van der Waals surface area (Å²) >= 11 is 6.84. The zero-order chi connectivity index (χ0) is 18.9. The van der Waals surface area contributed by atoms with Crippen LogP contribution in [0.3, 0.4) is 0 Å². The lowest BCUT2D eigenvalue weighted by Gasteiger charge is -2.24. The second-order valence-electron chi connectivity index (χ2n) is 5.56. The molecule has 9 heteroatoms. The highest BCUT2D eigenvalue weighted by atomic mass is 35.5. The number of rotatable bonds is 3. The maximum absolute atomic E-state index is 12.8. The molecule has 1 heterocycles. The number of hydrogen-bond donors (Lipinski definition) is 2. The van der Waals surface area contributed by atoms with E-state index in [-0.39, 0.29) is 18.0 Å². The molecule has 136 valence electrons. The standard InChI is InChI=1S/C17H12ClF3N2O2S/c18-10-2-4-11(5-3-10)22-15(24)8-14-16(25)23-12-7-9(17(19,20)21)1-6-13(12)26-14/h1-7,14H,8H2,(H,22,24)(H,23,25)/t14-/m0/s1. The molecule has 1 atom stereocenters. The van der Waals surface area contributed by atoms with Crippen LogP contribution in [-0.4, -0.2) is 17.1 Å². The molecule has 0 unspecified atom stereocenters.